The maximum Gasteiger partial charge on any atom is 0.307 e. The zero-order valence-electron chi connectivity index (χ0n) is 12.4. The smallest absolute Gasteiger partial charge is 0.307 e. The van der Waals surface area contributed by atoms with Crippen molar-refractivity contribution in [2.75, 3.05) is 5.32 Å². The summed E-state index contributed by atoms with van der Waals surface area (Å²) in [5.74, 6) is -0.553. The van der Waals surface area contributed by atoms with Gasteiger partial charge in [0.2, 0.25) is 5.91 Å². The molecule has 1 aliphatic carbocycles. The van der Waals surface area contributed by atoms with Crippen LogP contribution in [0.1, 0.15) is 23.5 Å². The number of phenolic OH excluding ortho intramolecular Hbond substituents is 1. The van der Waals surface area contributed by atoms with E-state index in [1.807, 2.05) is 12.1 Å². The molecule has 1 saturated carbocycles. The van der Waals surface area contributed by atoms with Crippen molar-refractivity contribution in [2.45, 2.75) is 18.8 Å². The summed E-state index contributed by atoms with van der Waals surface area (Å²) in [6.45, 7) is 0. The normalized spacial score (nSPS) is 19.1. The molecular weight excluding hydrogens is 294 g/mol. The van der Waals surface area contributed by atoms with Gasteiger partial charge in [0.1, 0.15) is 5.75 Å². The number of aromatic hydroxyl groups is 1. The molecule has 0 radical (unpaired) electrons. The molecular formula is C18H17NO4. The molecule has 2 aromatic rings. The van der Waals surface area contributed by atoms with E-state index in [-0.39, 0.29) is 29.9 Å². The molecule has 5 heteroatoms. The Morgan fingerprint density at radius 3 is 2.30 bits per heavy atom. The van der Waals surface area contributed by atoms with E-state index in [4.69, 9.17) is 5.11 Å². The Labute approximate surface area is 133 Å². The second kappa shape index (κ2) is 6.12. The summed E-state index contributed by atoms with van der Waals surface area (Å²) in [4.78, 5) is 22.9. The van der Waals surface area contributed by atoms with Gasteiger partial charge in [-0.15, -0.1) is 0 Å². The number of hydrogen-bond donors (Lipinski definition) is 3. The lowest BCUT2D eigenvalue weighted by molar-refractivity contribution is -0.136. The lowest BCUT2D eigenvalue weighted by Crippen LogP contribution is -2.14. The number of carbonyl (C=O) groups is 2. The molecule has 0 aliphatic heterocycles. The van der Waals surface area contributed by atoms with Crippen molar-refractivity contribution < 1.29 is 19.8 Å². The van der Waals surface area contributed by atoms with E-state index in [1.165, 1.54) is 0 Å². The van der Waals surface area contributed by atoms with E-state index in [2.05, 4.69) is 5.32 Å². The van der Waals surface area contributed by atoms with E-state index < -0.39 is 5.97 Å². The van der Waals surface area contributed by atoms with Crippen molar-refractivity contribution in [1.82, 2.24) is 0 Å². The summed E-state index contributed by atoms with van der Waals surface area (Å²) in [6, 6.07) is 13.8. The average molecular weight is 311 g/mol. The Morgan fingerprint density at radius 1 is 1.04 bits per heavy atom. The van der Waals surface area contributed by atoms with E-state index in [0.717, 1.165) is 12.0 Å². The van der Waals surface area contributed by atoms with Crippen molar-refractivity contribution in [1.29, 1.82) is 0 Å². The number of aliphatic carboxylic acids is 1. The van der Waals surface area contributed by atoms with E-state index >= 15 is 0 Å². The second-order valence-corrected chi connectivity index (χ2v) is 5.80. The molecule has 0 bridgehead atoms. The van der Waals surface area contributed by atoms with Crippen LogP contribution in [0.25, 0.3) is 0 Å². The number of rotatable bonds is 5. The Bertz CT molecular complexity index is 722. The van der Waals surface area contributed by atoms with Gasteiger partial charge in [-0.1, -0.05) is 24.3 Å². The number of phenols is 1. The van der Waals surface area contributed by atoms with Crippen LogP contribution >= 0.6 is 0 Å². The number of carboxylic acids is 1. The number of benzene rings is 2. The summed E-state index contributed by atoms with van der Waals surface area (Å²) in [7, 11) is 0. The summed E-state index contributed by atoms with van der Waals surface area (Å²) in [5.41, 5.74) is 2.42. The minimum atomic E-state index is -0.878. The molecule has 1 aliphatic rings. The van der Waals surface area contributed by atoms with Crippen molar-refractivity contribution in [2.24, 2.45) is 5.92 Å². The minimum Gasteiger partial charge on any atom is -0.508 e. The highest BCUT2D eigenvalue weighted by atomic mass is 16.4. The van der Waals surface area contributed by atoms with Gasteiger partial charge in [0.25, 0.3) is 0 Å². The Hall–Kier alpha value is -2.82. The van der Waals surface area contributed by atoms with Gasteiger partial charge < -0.3 is 15.5 Å². The van der Waals surface area contributed by atoms with Gasteiger partial charge in [0, 0.05) is 11.6 Å². The van der Waals surface area contributed by atoms with Gasteiger partial charge in [0.15, 0.2) is 0 Å². The van der Waals surface area contributed by atoms with Gasteiger partial charge in [-0.3, -0.25) is 9.59 Å². The lowest BCUT2D eigenvalue weighted by atomic mass is 10.1. The van der Waals surface area contributed by atoms with Crippen molar-refractivity contribution >= 4 is 17.6 Å². The molecule has 0 heterocycles. The third kappa shape index (κ3) is 3.69. The Kier molecular flexibility index (Phi) is 4.02. The number of anilines is 1. The summed E-state index contributed by atoms with van der Waals surface area (Å²) < 4.78 is 0. The second-order valence-electron chi connectivity index (χ2n) is 5.80. The molecule has 3 rings (SSSR count). The fourth-order valence-electron chi connectivity index (χ4n) is 2.69. The summed E-state index contributed by atoms with van der Waals surface area (Å²) in [6.07, 6.45) is 0.771. The molecule has 5 nitrogen and oxygen atoms in total. The zero-order chi connectivity index (χ0) is 16.4. The first-order chi connectivity index (χ1) is 11.0. The van der Waals surface area contributed by atoms with Crippen LogP contribution in [-0.4, -0.2) is 22.1 Å². The monoisotopic (exact) mass is 311 g/mol. The van der Waals surface area contributed by atoms with Gasteiger partial charge >= 0.3 is 5.97 Å². The largest absolute Gasteiger partial charge is 0.508 e. The molecule has 23 heavy (non-hydrogen) atoms. The predicted octanol–water partition coefficient (Wildman–Crippen LogP) is 2.76. The molecule has 1 amide bonds. The number of carboxylic acid groups (broad SMARTS) is 1. The first-order valence-electron chi connectivity index (χ1n) is 7.43. The summed E-state index contributed by atoms with van der Waals surface area (Å²) >= 11 is 0. The maximum absolute atomic E-state index is 12.2. The standard InChI is InChI=1S/C18H17NO4/c20-14-7-3-12(4-8-14)15-10-16(15)18(23)19-13-5-1-11(2-6-13)9-17(21)22/h1-8,15-16,20H,9-10H2,(H,19,23)(H,21,22). The number of amides is 1. The maximum atomic E-state index is 12.2. The molecule has 0 aromatic heterocycles. The Morgan fingerprint density at radius 2 is 1.70 bits per heavy atom. The molecule has 2 aromatic carbocycles. The fraction of sp³-hybridized carbons (Fsp3) is 0.222. The zero-order valence-corrected chi connectivity index (χ0v) is 12.4. The highest BCUT2D eigenvalue weighted by Crippen LogP contribution is 2.48. The van der Waals surface area contributed by atoms with Gasteiger partial charge in [0.05, 0.1) is 6.42 Å². The molecule has 3 N–H and O–H groups in total. The lowest BCUT2D eigenvalue weighted by Gasteiger charge is -2.06. The Balaban J connectivity index is 1.58. The first-order valence-corrected chi connectivity index (χ1v) is 7.43. The van der Waals surface area contributed by atoms with E-state index in [0.29, 0.717) is 11.3 Å². The molecule has 1 fully saturated rings. The van der Waals surface area contributed by atoms with Crippen LogP contribution in [0.3, 0.4) is 0 Å². The summed E-state index contributed by atoms with van der Waals surface area (Å²) in [5, 5.41) is 20.9. The highest BCUT2D eigenvalue weighted by Gasteiger charge is 2.43. The van der Waals surface area contributed by atoms with Crippen molar-refractivity contribution in [3.8, 4) is 5.75 Å². The van der Waals surface area contributed by atoms with Crippen LogP contribution in [0, 0.1) is 5.92 Å². The van der Waals surface area contributed by atoms with Gasteiger partial charge in [-0.2, -0.15) is 0 Å². The van der Waals surface area contributed by atoms with Crippen LogP contribution in [-0.2, 0) is 16.0 Å². The van der Waals surface area contributed by atoms with Crippen molar-refractivity contribution in [3.05, 3.63) is 59.7 Å². The quantitative estimate of drug-likeness (QED) is 0.792. The van der Waals surface area contributed by atoms with Gasteiger partial charge in [-0.25, -0.2) is 0 Å². The number of nitrogens with one attached hydrogen (secondary N) is 1. The third-order valence-corrected chi connectivity index (χ3v) is 4.03. The van der Waals surface area contributed by atoms with Crippen LogP contribution in [0.15, 0.2) is 48.5 Å². The number of hydrogen-bond acceptors (Lipinski definition) is 3. The number of carbonyl (C=O) groups excluding carboxylic acids is 1. The third-order valence-electron chi connectivity index (χ3n) is 4.03. The molecule has 2 atom stereocenters. The SMILES string of the molecule is O=C(O)Cc1ccc(NC(=O)C2CC2c2ccc(O)cc2)cc1. The predicted molar refractivity (Wildman–Crippen MR) is 85.4 cm³/mol. The topological polar surface area (TPSA) is 86.6 Å². The van der Waals surface area contributed by atoms with Crippen LogP contribution in [0.2, 0.25) is 0 Å². The fourth-order valence-corrected chi connectivity index (χ4v) is 2.69. The molecule has 0 saturated heterocycles. The van der Waals surface area contributed by atoms with E-state index in [1.54, 1.807) is 36.4 Å². The average Bonchev–Trinajstić information content (AvgIpc) is 3.30. The van der Waals surface area contributed by atoms with E-state index in [9.17, 15) is 14.7 Å². The van der Waals surface area contributed by atoms with Crippen molar-refractivity contribution in [3.63, 3.8) is 0 Å². The van der Waals surface area contributed by atoms with Gasteiger partial charge in [-0.05, 0) is 47.7 Å². The minimum absolute atomic E-state index is 0.0280. The first kappa shape index (κ1) is 15.1. The highest BCUT2D eigenvalue weighted by molar-refractivity contribution is 5.95. The molecule has 0 spiro atoms. The van der Waals surface area contributed by atoms with Crippen LogP contribution < -0.4 is 5.32 Å². The van der Waals surface area contributed by atoms with Crippen LogP contribution in [0.5, 0.6) is 5.75 Å². The molecule has 2 unspecified atom stereocenters. The molecule has 118 valence electrons. The van der Waals surface area contributed by atoms with Crippen LogP contribution in [0.4, 0.5) is 5.69 Å².